The van der Waals surface area contributed by atoms with Crippen LogP contribution in [-0.4, -0.2) is 20.1 Å². The van der Waals surface area contributed by atoms with E-state index < -0.39 is 0 Å². The number of anilines is 1. The van der Waals surface area contributed by atoms with Gasteiger partial charge < -0.3 is 10.6 Å². The Kier molecular flexibility index (Phi) is 3.49. The predicted octanol–water partition coefficient (Wildman–Crippen LogP) is 2.28. The zero-order valence-electron chi connectivity index (χ0n) is 10.3. The fraction of sp³-hybridized carbons (Fsp3) is 0.571. The van der Waals surface area contributed by atoms with Gasteiger partial charge in [-0.3, -0.25) is 0 Å². The van der Waals surface area contributed by atoms with Crippen molar-refractivity contribution in [2.45, 2.75) is 19.8 Å². The number of nitrogens with zero attached hydrogens (tertiary/aromatic N) is 1. The minimum absolute atomic E-state index is 0.731. The molecule has 1 aromatic rings. The van der Waals surface area contributed by atoms with Gasteiger partial charge in [-0.15, -0.1) is 0 Å². The summed E-state index contributed by atoms with van der Waals surface area (Å²) in [5.41, 5.74) is 8.19. The first-order chi connectivity index (χ1) is 7.70. The molecule has 0 bridgehead atoms. The van der Waals surface area contributed by atoms with Crippen molar-refractivity contribution >= 4 is 5.69 Å². The summed E-state index contributed by atoms with van der Waals surface area (Å²) in [6, 6.07) is 8.79. The highest BCUT2D eigenvalue weighted by Gasteiger charge is 2.33. The Morgan fingerprint density at radius 3 is 2.44 bits per heavy atom. The number of hydrogen-bond acceptors (Lipinski definition) is 2. The smallest absolute Gasteiger partial charge is 0.0363 e. The third-order valence-corrected chi connectivity index (χ3v) is 3.59. The minimum Gasteiger partial charge on any atom is -0.374 e. The lowest BCUT2D eigenvalue weighted by atomic mass is 10.1. The molecule has 88 valence electrons. The maximum atomic E-state index is 5.54. The van der Waals surface area contributed by atoms with Crippen molar-refractivity contribution in [1.82, 2.24) is 0 Å². The molecule has 1 aliphatic carbocycles. The van der Waals surface area contributed by atoms with Gasteiger partial charge in [-0.25, -0.2) is 0 Å². The molecule has 16 heavy (non-hydrogen) atoms. The highest BCUT2D eigenvalue weighted by Crippen LogP contribution is 2.38. The van der Waals surface area contributed by atoms with Crippen LogP contribution < -0.4 is 10.6 Å². The topological polar surface area (TPSA) is 29.3 Å². The molecular formula is C14H22N2. The first-order valence-electron chi connectivity index (χ1n) is 6.21. The molecule has 1 aliphatic rings. The van der Waals surface area contributed by atoms with Crippen molar-refractivity contribution in [3.63, 3.8) is 0 Å². The van der Waals surface area contributed by atoms with Crippen LogP contribution in [0.3, 0.4) is 0 Å². The highest BCUT2D eigenvalue weighted by atomic mass is 15.1. The van der Waals surface area contributed by atoms with Crippen molar-refractivity contribution in [3.8, 4) is 0 Å². The monoisotopic (exact) mass is 218 g/mol. The second-order valence-electron chi connectivity index (χ2n) is 5.06. The Morgan fingerprint density at radius 1 is 1.31 bits per heavy atom. The van der Waals surface area contributed by atoms with Crippen molar-refractivity contribution in [3.05, 3.63) is 29.8 Å². The second kappa shape index (κ2) is 4.88. The molecule has 2 rings (SSSR count). The van der Waals surface area contributed by atoms with E-state index in [4.69, 9.17) is 5.73 Å². The molecule has 1 saturated carbocycles. The zero-order chi connectivity index (χ0) is 11.5. The van der Waals surface area contributed by atoms with Gasteiger partial charge in [0, 0.05) is 19.3 Å². The van der Waals surface area contributed by atoms with Crippen LogP contribution in [0.5, 0.6) is 0 Å². The Balaban J connectivity index is 1.92. The maximum Gasteiger partial charge on any atom is 0.0363 e. The van der Waals surface area contributed by atoms with Crippen LogP contribution in [-0.2, 0) is 6.42 Å². The Hall–Kier alpha value is -1.02. The van der Waals surface area contributed by atoms with Gasteiger partial charge in [0.1, 0.15) is 0 Å². The van der Waals surface area contributed by atoms with Gasteiger partial charge in [-0.05, 0) is 48.9 Å². The molecule has 1 aromatic carbocycles. The van der Waals surface area contributed by atoms with Gasteiger partial charge in [-0.1, -0.05) is 19.1 Å². The molecule has 2 nitrogen and oxygen atoms in total. The summed E-state index contributed by atoms with van der Waals surface area (Å²) in [4.78, 5) is 2.36. The Morgan fingerprint density at radius 2 is 1.94 bits per heavy atom. The molecule has 0 radical (unpaired) electrons. The van der Waals surface area contributed by atoms with E-state index in [2.05, 4.69) is 43.1 Å². The van der Waals surface area contributed by atoms with Gasteiger partial charge in [0.15, 0.2) is 0 Å². The largest absolute Gasteiger partial charge is 0.374 e. The average Bonchev–Trinajstić information content (AvgIpc) is 2.95. The van der Waals surface area contributed by atoms with Crippen LogP contribution >= 0.6 is 0 Å². The molecule has 0 amide bonds. The summed E-state index contributed by atoms with van der Waals surface area (Å²) >= 11 is 0. The molecule has 0 spiro atoms. The van der Waals surface area contributed by atoms with Crippen molar-refractivity contribution in [1.29, 1.82) is 0 Å². The second-order valence-corrected chi connectivity index (χ2v) is 5.06. The van der Waals surface area contributed by atoms with Crippen LogP contribution in [0.2, 0.25) is 0 Å². The maximum absolute atomic E-state index is 5.54. The van der Waals surface area contributed by atoms with Crippen LogP contribution in [0.1, 0.15) is 18.9 Å². The van der Waals surface area contributed by atoms with Gasteiger partial charge in [-0.2, -0.15) is 0 Å². The Bertz CT molecular complexity index is 331. The van der Waals surface area contributed by atoms with E-state index in [0.717, 1.165) is 24.8 Å². The van der Waals surface area contributed by atoms with Crippen molar-refractivity contribution < 1.29 is 0 Å². The normalized spacial score (nSPS) is 23.2. The lowest BCUT2D eigenvalue weighted by Crippen LogP contribution is -2.20. The van der Waals surface area contributed by atoms with Gasteiger partial charge in [0.25, 0.3) is 0 Å². The molecule has 2 heteroatoms. The Labute approximate surface area is 98.4 Å². The summed E-state index contributed by atoms with van der Waals surface area (Å²) in [5, 5.41) is 0. The van der Waals surface area contributed by atoms with E-state index in [-0.39, 0.29) is 0 Å². The standard InChI is InChI=1S/C14H22N2/c1-11-9-13(11)10-16(2)14-5-3-12(4-6-14)7-8-15/h3-6,11,13H,7-10,15H2,1-2H3. The lowest BCUT2D eigenvalue weighted by molar-refractivity contribution is 0.725. The predicted molar refractivity (Wildman–Crippen MR) is 69.7 cm³/mol. The SMILES string of the molecule is CC1CC1CN(C)c1ccc(CCN)cc1. The zero-order valence-corrected chi connectivity index (χ0v) is 10.3. The molecule has 1 fully saturated rings. The van der Waals surface area contributed by atoms with Crippen LogP contribution in [0.15, 0.2) is 24.3 Å². The number of rotatable bonds is 5. The molecule has 0 aromatic heterocycles. The summed E-state index contributed by atoms with van der Waals surface area (Å²) in [6.45, 7) is 4.26. The number of nitrogens with two attached hydrogens (primary N) is 1. The van der Waals surface area contributed by atoms with E-state index in [9.17, 15) is 0 Å². The molecule has 2 atom stereocenters. The van der Waals surface area contributed by atoms with E-state index in [1.807, 2.05) is 0 Å². The van der Waals surface area contributed by atoms with E-state index in [1.54, 1.807) is 0 Å². The molecule has 0 saturated heterocycles. The molecule has 2 N–H and O–H groups in total. The van der Waals surface area contributed by atoms with Gasteiger partial charge >= 0.3 is 0 Å². The minimum atomic E-state index is 0.731. The fourth-order valence-electron chi connectivity index (χ4n) is 2.19. The molecular weight excluding hydrogens is 196 g/mol. The first-order valence-corrected chi connectivity index (χ1v) is 6.21. The third-order valence-electron chi connectivity index (χ3n) is 3.59. The van der Waals surface area contributed by atoms with E-state index >= 15 is 0 Å². The van der Waals surface area contributed by atoms with Crippen LogP contribution in [0.4, 0.5) is 5.69 Å². The number of benzene rings is 1. The molecule has 0 heterocycles. The first kappa shape index (κ1) is 11.5. The summed E-state index contributed by atoms with van der Waals surface area (Å²) < 4.78 is 0. The summed E-state index contributed by atoms with van der Waals surface area (Å²) in [5.74, 6) is 1.84. The third kappa shape index (κ3) is 2.76. The van der Waals surface area contributed by atoms with Crippen molar-refractivity contribution in [2.75, 3.05) is 25.0 Å². The highest BCUT2D eigenvalue weighted by molar-refractivity contribution is 5.47. The summed E-state index contributed by atoms with van der Waals surface area (Å²) in [7, 11) is 2.18. The average molecular weight is 218 g/mol. The molecule has 2 unspecified atom stereocenters. The van der Waals surface area contributed by atoms with E-state index in [1.165, 1.54) is 24.2 Å². The summed E-state index contributed by atoms with van der Waals surface area (Å²) in [6.07, 6.45) is 2.37. The van der Waals surface area contributed by atoms with Crippen LogP contribution in [0, 0.1) is 11.8 Å². The number of hydrogen-bond donors (Lipinski definition) is 1. The van der Waals surface area contributed by atoms with Gasteiger partial charge in [0.05, 0.1) is 0 Å². The quantitative estimate of drug-likeness (QED) is 0.821. The van der Waals surface area contributed by atoms with Crippen LogP contribution in [0.25, 0.3) is 0 Å². The molecule has 0 aliphatic heterocycles. The van der Waals surface area contributed by atoms with Crippen molar-refractivity contribution in [2.24, 2.45) is 17.6 Å². The van der Waals surface area contributed by atoms with Gasteiger partial charge in [0.2, 0.25) is 0 Å². The lowest BCUT2D eigenvalue weighted by Gasteiger charge is -2.19. The fourth-order valence-corrected chi connectivity index (χ4v) is 2.19. The van der Waals surface area contributed by atoms with E-state index in [0.29, 0.717) is 0 Å².